The van der Waals surface area contributed by atoms with Gasteiger partial charge in [-0.3, -0.25) is 5.10 Å². The number of aromatic nitrogens is 2. The molecule has 0 fully saturated rings. The number of hydrogen-bond donors (Lipinski definition) is 1. The zero-order valence-corrected chi connectivity index (χ0v) is 13.9. The van der Waals surface area contributed by atoms with Crippen molar-refractivity contribution in [1.82, 2.24) is 10.2 Å². The Hall–Kier alpha value is -3.08. The maximum Gasteiger partial charge on any atom is 0.135 e. The molecule has 0 aliphatic heterocycles. The fourth-order valence-electron chi connectivity index (χ4n) is 2.80. The highest BCUT2D eigenvalue weighted by Crippen LogP contribution is 2.37. The zero-order chi connectivity index (χ0) is 17.4. The van der Waals surface area contributed by atoms with Gasteiger partial charge in [-0.2, -0.15) is 5.10 Å². The molecule has 0 radical (unpaired) electrons. The van der Waals surface area contributed by atoms with Crippen LogP contribution in [0.1, 0.15) is 13.8 Å². The Morgan fingerprint density at radius 1 is 1.08 bits per heavy atom. The number of nitrogens with one attached hydrogen (secondary N) is 1. The number of halogens is 1. The molecule has 2 heterocycles. The summed E-state index contributed by atoms with van der Waals surface area (Å²) < 4.78 is 25.1. The molecule has 126 valence electrons. The summed E-state index contributed by atoms with van der Waals surface area (Å²) >= 11 is 0. The van der Waals surface area contributed by atoms with Gasteiger partial charge < -0.3 is 9.15 Å². The SMILES string of the molecule is CC(C)Oc1cc2cc(-c3ccc(F)cc3)oc2cc1-c1cn[nH]c1. The molecule has 4 aromatic rings. The van der Waals surface area contributed by atoms with Gasteiger partial charge in [-0.15, -0.1) is 0 Å². The van der Waals surface area contributed by atoms with E-state index in [2.05, 4.69) is 10.2 Å². The second-order valence-electron chi connectivity index (χ2n) is 6.16. The van der Waals surface area contributed by atoms with Crippen molar-refractivity contribution in [3.63, 3.8) is 0 Å². The van der Waals surface area contributed by atoms with Crippen molar-refractivity contribution in [3.05, 3.63) is 60.7 Å². The van der Waals surface area contributed by atoms with Crippen LogP contribution in [0.5, 0.6) is 5.75 Å². The third kappa shape index (κ3) is 3.01. The molecule has 0 aliphatic rings. The number of rotatable bonds is 4. The van der Waals surface area contributed by atoms with Crippen molar-refractivity contribution >= 4 is 11.0 Å². The quantitative estimate of drug-likeness (QED) is 0.541. The summed E-state index contributed by atoms with van der Waals surface area (Å²) in [6.07, 6.45) is 3.61. The van der Waals surface area contributed by atoms with Crippen molar-refractivity contribution in [2.75, 3.05) is 0 Å². The number of fused-ring (bicyclic) bond motifs is 1. The Bertz CT molecular complexity index is 1000. The molecule has 1 N–H and O–H groups in total. The summed E-state index contributed by atoms with van der Waals surface area (Å²) in [7, 11) is 0. The summed E-state index contributed by atoms with van der Waals surface area (Å²) in [5, 5.41) is 7.77. The van der Waals surface area contributed by atoms with Gasteiger partial charge in [0.05, 0.1) is 12.3 Å². The van der Waals surface area contributed by atoms with E-state index in [9.17, 15) is 4.39 Å². The molecule has 0 bridgehead atoms. The number of ether oxygens (including phenoxy) is 1. The standard InChI is InChI=1S/C20H17FN2O2/c1-12(2)24-20-8-14-7-18(13-3-5-16(21)6-4-13)25-19(14)9-17(20)15-10-22-23-11-15/h3-12H,1-2H3,(H,22,23). The molecule has 0 unspecified atom stereocenters. The minimum Gasteiger partial charge on any atom is -0.490 e. The lowest BCUT2D eigenvalue weighted by molar-refractivity contribution is 0.244. The zero-order valence-electron chi connectivity index (χ0n) is 13.9. The highest BCUT2D eigenvalue weighted by Gasteiger charge is 2.15. The van der Waals surface area contributed by atoms with Gasteiger partial charge in [0, 0.05) is 28.3 Å². The predicted octanol–water partition coefficient (Wildman–Crippen LogP) is 5.42. The van der Waals surface area contributed by atoms with Crippen molar-refractivity contribution in [2.45, 2.75) is 20.0 Å². The largest absolute Gasteiger partial charge is 0.490 e. The number of furan rings is 1. The summed E-state index contributed by atoms with van der Waals surface area (Å²) in [5.74, 6) is 1.19. The van der Waals surface area contributed by atoms with E-state index in [1.807, 2.05) is 38.2 Å². The van der Waals surface area contributed by atoms with Gasteiger partial charge in [0.15, 0.2) is 0 Å². The lowest BCUT2D eigenvalue weighted by Crippen LogP contribution is -2.06. The van der Waals surface area contributed by atoms with E-state index in [-0.39, 0.29) is 11.9 Å². The van der Waals surface area contributed by atoms with Crippen molar-refractivity contribution in [1.29, 1.82) is 0 Å². The summed E-state index contributed by atoms with van der Waals surface area (Å²) in [6.45, 7) is 3.98. The van der Waals surface area contributed by atoms with Gasteiger partial charge in [-0.1, -0.05) is 0 Å². The average molecular weight is 336 g/mol. The molecular formula is C20H17FN2O2. The first-order valence-corrected chi connectivity index (χ1v) is 8.09. The number of H-pyrrole nitrogens is 1. The van der Waals surface area contributed by atoms with E-state index >= 15 is 0 Å². The molecule has 2 aromatic carbocycles. The van der Waals surface area contributed by atoms with E-state index in [0.29, 0.717) is 5.76 Å². The van der Waals surface area contributed by atoms with Gasteiger partial charge in [-0.05, 0) is 56.3 Å². The third-order valence-electron chi connectivity index (χ3n) is 3.92. The van der Waals surface area contributed by atoms with Crippen LogP contribution in [0.2, 0.25) is 0 Å². The minimum atomic E-state index is -0.269. The Morgan fingerprint density at radius 2 is 1.88 bits per heavy atom. The van der Waals surface area contributed by atoms with Crippen LogP contribution in [0.4, 0.5) is 4.39 Å². The van der Waals surface area contributed by atoms with E-state index in [4.69, 9.17) is 9.15 Å². The minimum absolute atomic E-state index is 0.0478. The number of hydrogen-bond acceptors (Lipinski definition) is 3. The summed E-state index contributed by atoms with van der Waals surface area (Å²) in [5.41, 5.74) is 3.41. The first-order chi connectivity index (χ1) is 12.1. The molecule has 5 heteroatoms. The Morgan fingerprint density at radius 3 is 2.56 bits per heavy atom. The molecule has 0 atom stereocenters. The van der Waals surface area contributed by atoms with Gasteiger partial charge in [-0.25, -0.2) is 4.39 Å². The van der Waals surface area contributed by atoms with Crippen LogP contribution in [0.25, 0.3) is 33.4 Å². The molecule has 4 nitrogen and oxygen atoms in total. The van der Waals surface area contributed by atoms with Crippen LogP contribution >= 0.6 is 0 Å². The van der Waals surface area contributed by atoms with Crippen LogP contribution in [0.15, 0.2) is 59.3 Å². The van der Waals surface area contributed by atoms with Crippen molar-refractivity contribution in [3.8, 4) is 28.2 Å². The lowest BCUT2D eigenvalue weighted by Gasteiger charge is -2.13. The van der Waals surface area contributed by atoms with Crippen LogP contribution in [0.3, 0.4) is 0 Å². The topological polar surface area (TPSA) is 51.1 Å². The molecular weight excluding hydrogens is 319 g/mol. The molecule has 0 saturated carbocycles. The van der Waals surface area contributed by atoms with E-state index in [1.54, 1.807) is 18.3 Å². The fourth-order valence-corrected chi connectivity index (χ4v) is 2.80. The average Bonchev–Trinajstić information content (AvgIpc) is 3.23. The van der Waals surface area contributed by atoms with Crippen LogP contribution in [-0.4, -0.2) is 16.3 Å². The summed E-state index contributed by atoms with van der Waals surface area (Å²) in [4.78, 5) is 0. The van der Waals surface area contributed by atoms with E-state index in [1.165, 1.54) is 12.1 Å². The highest BCUT2D eigenvalue weighted by atomic mass is 19.1. The van der Waals surface area contributed by atoms with E-state index < -0.39 is 0 Å². The Labute approximate surface area is 144 Å². The van der Waals surface area contributed by atoms with Gasteiger partial charge in [0.2, 0.25) is 0 Å². The first kappa shape index (κ1) is 15.4. The molecule has 2 aromatic heterocycles. The summed E-state index contributed by atoms with van der Waals surface area (Å²) in [6, 6.07) is 12.1. The molecule has 0 saturated heterocycles. The molecule has 25 heavy (non-hydrogen) atoms. The Kier molecular flexibility index (Phi) is 3.76. The van der Waals surface area contributed by atoms with Crippen molar-refractivity contribution < 1.29 is 13.5 Å². The highest BCUT2D eigenvalue weighted by molar-refractivity contribution is 5.90. The van der Waals surface area contributed by atoms with Crippen LogP contribution in [-0.2, 0) is 0 Å². The molecule has 0 aliphatic carbocycles. The predicted molar refractivity (Wildman–Crippen MR) is 95.0 cm³/mol. The monoisotopic (exact) mass is 336 g/mol. The van der Waals surface area contributed by atoms with Crippen molar-refractivity contribution in [2.24, 2.45) is 0 Å². The maximum atomic E-state index is 13.1. The smallest absolute Gasteiger partial charge is 0.135 e. The van der Waals surface area contributed by atoms with E-state index in [0.717, 1.165) is 33.4 Å². The lowest BCUT2D eigenvalue weighted by atomic mass is 10.1. The second kappa shape index (κ2) is 6.09. The third-order valence-corrected chi connectivity index (χ3v) is 3.92. The van der Waals surface area contributed by atoms with Crippen LogP contribution < -0.4 is 4.74 Å². The number of aromatic amines is 1. The molecule has 0 spiro atoms. The molecule has 0 amide bonds. The number of nitrogens with zero attached hydrogens (tertiary/aromatic N) is 1. The van der Waals surface area contributed by atoms with Gasteiger partial charge in [0.25, 0.3) is 0 Å². The van der Waals surface area contributed by atoms with Gasteiger partial charge in [0.1, 0.15) is 22.9 Å². The maximum absolute atomic E-state index is 13.1. The fraction of sp³-hybridized carbons (Fsp3) is 0.150. The second-order valence-corrected chi connectivity index (χ2v) is 6.16. The normalized spacial score (nSPS) is 11.4. The first-order valence-electron chi connectivity index (χ1n) is 8.09. The Balaban J connectivity index is 1.85. The van der Waals surface area contributed by atoms with Gasteiger partial charge >= 0.3 is 0 Å². The van der Waals surface area contributed by atoms with Crippen LogP contribution in [0, 0.1) is 5.82 Å². The molecule has 4 rings (SSSR count). The number of benzene rings is 2.